The van der Waals surface area contributed by atoms with E-state index < -0.39 is 0 Å². The molecule has 0 aliphatic carbocycles. The third-order valence-electron chi connectivity index (χ3n) is 4.70. The number of thiophene rings is 1. The predicted molar refractivity (Wildman–Crippen MR) is 102 cm³/mol. The minimum atomic E-state index is -0.00569. The van der Waals surface area contributed by atoms with E-state index in [-0.39, 0.29) is 17.7 Å². The van der Waals surface area contributed by atoms with E-state index in [9.17, 15) is 9.59 Å². The van der Waals surface area contributed by atoms with Crippen LogP contribution in [0.3, 0.4) is 0 Å². The Morgan fingerprint density at radius 3 is 2.69 bits per heavy atom. The van der Waals surface area contributed by atoms with Gasteiger partial charge in [0, 0.05) is 51.7 Å². The summed E-state index contributed by atoms with van der Waals surface area (Å²) in [4.78, 5) is 27.7. The molecular weight excluding hydrogens is 350 g/mol. The molecule has 3 heterocycles. The third kappa shape index (κ3) is 4.34. The second-order valence-electron chi connectivity index (χ2n) is 6.43. The van der Waals surface area contributed by atoms with Crippen LogP contribution in [0, 0.1) is 5.92 Å². The molecule has 0 atom stereocenters. The average molecular weight is 375 g/mol. The van der Waals surface area contributed by atoms with Gasteiger partial charge in [-0.3, -0.25) is 9.59 Å². The Kier molecular flexibility index (Phi) is 6.46. The number of ether oxygens (including phenoxy) is 1. The number of carbonyl (C=O) groups is 2. The number of hydrogen-bond donors (Lipinski definition) is 1. The molecule has 1 aliphatic rings. The van der Waals surface area contributed by atoms with Crippen molar-refractivity contribution in [3.8, 4) is 5.69 Å². The lowest BCUT2D eigenvalue weighted by Gasteiger charge is -2.31. The molecule has 0 radical (unpaired) electrons. The van der Waals surface area contributed by atoms with Gasteiger partial charge in [0.2, 0.25) is 5.91 Å². The molecule has 0 bridgehead atoms. The van der Waals surface area contributed by atoms with Gasteiger partial charge in [-0.1, -0.05) is 0 Å². The van der Waals surface area contributed by atoms with Gasteiger partial charge in [-0.25, -0.2) is 0 Å². The van der Waals surface area contributed by atoms with Crippen LogP contribution >= 0.6 is 11.3 Å². The largest absolute Gasteiger partial charge is 0.385 e. The Morgan fingerprint density at radius 1 is 1.27 bits per heavy atom. The van der Waals surface area contributed by atoms with Crippen molar-refractivity contribution in [1.29, 1.82) is 0 Å². The van der Waals surface area contributed by atoms with Gasteiger partial charge >= 0.3 is 0 Å². The van der Waals surface area contributed by atoms with Gasteiger partial charge in [0.15, 0.2) is 0 Å². The van der Waals surface area contributed by atoms with Crippen LogP contribution in [0.5, 0.6) is 0 Å². The normalized spacial score (nSPS) is 15.2. The van der Waals surface area contributed by atoms with Crippen LogP contribution in [0.4, 0.5) is 0 Å². The molecule has 2 amide bonds. The van der Waals surface area contributed by atoms with E-state index in [0.717, 1.165) is 17.0 Å². The van der Waals surface area contributed by atoms with Gasteiger partial charge < -0.3 is 19.5 Å². The maximum Gasteiger partial charge on any atom is 0.266 e. The van der Waals surface area contributed by atoms with Crippen LogP contribution in [0.25, 0.3) is 5.69 Å². The van der Waals surface area contributed by atoms with E-state index in [1.54, 1.807) is 7.11 Å². The molecule has 0 unspecified atom stereocenters. The SMILES string of the molecule is COCCCNC(=O)C1CCN(C(=O)c2sccc2-n2cccc2)CC1. The van der Waals surface area contributed by atoms with Crippen molar-refractivity contribution in [2.24, 2.45) is 5.92 Å². The summed E-state index contributed by atoms with van der Waals surface area (Å²) in [6.07, 6.45) is 6.14. The fraction of sp³-hybridized carbons (Fsp3) is 0.474. The van der Waals surface area contributed by atoms with E-state index in [2.05, 4.69) is 5.32 Å². The molecule has 3 rings (SSSR count). The van der Waals surface area contributed by atoms with E-state index >= 15 is 0 Å². The summed E-state index contributed by atoms with van der Waals surface area (Å²) in [5.41, 5.74) is 0.919. The number of nitrogens with one attached hydrogen (secondary N) is 1. The number of carbonyl (C=O) groups excluding carboxylic acids is 2. The molecular formula is C19H25N3O3S. The van der Waals surface area contributed by atoms with Gasteiger partial charge in [0.05, 0.1) is 5.69 Å². The first-order chi connectivity index (χ1) is 12.7. The van der Waals surface area contributed by atoms with E-state index in [0.29, 0.717) is 39.1 Å². The van der Waals surface area contributed by atoms with Crippen LogP contribution in [0.2, 0.25) is 0 Å². The molecule has 2 aromatic heterocycles. The van der Waals surface area contributed by atoms with Gasteiger partial charge in [0.25, 0.3) is 5.91 Å². The van der Waals surface area contributed by atoms with Crippen molar-refractivity contribution in [2.75, 3.05) is 33.4 Å². The topological polar surface area (TPSA) is 63.6 Å². The number of rotatable bonds is 7. The van der Waals surface area contributed by atoms with Crippen molar-refractivity contribution >= 4 is 23.2 Å². The summed E-state index contributed by atoms with van der Waals surface area (Å²) in [5, 5.41) is 4.91. The summed E-state index contributed by atoms with van der Waals surface area (Å²) in [7, 11) is 1.66. The zero-order valence-electron chi connectivity index (χ0n) is 15.0. The molecule has 2 aromatic rings. The lowest BCUT2D eigenvalue weighted by atomic mass is 9.95. The first-order valence-electron chi connectivity index (χ1n) is 8.97. The Balaban J connectivity index is 1.53. The Hall–Kier alpha value is -2.12. The molecule has 1 aliphatic heterocycles. The minimum absolute atomic E-state index is 0.00569. The number of nitrogens with zero attached hydrogens (tertiary/aromatic N) is 2. The van der Waals surface area contributed by atoms with Gasteiger partial charge in [-0.2, -0.15) is 0 Å². The minimum Gasteiger partial charge on any atom is -0.385 e. The molecule has 26 heavy (non-hydrogen) atoms. The van der Waals surface area contributed by atoms with Gasteiger partial charge in [-0.05, 0) is 42.8 Å². The number of amides is 2. The molecule has 0 saturated carbocycles. The smallest absolute Gasteiger partial charge is 0.266 e. The maximum absolute atomic E-state index is 12.9. The lowest BCUT2D eigenvalue weighted by molar-refractivity contribution is -0.126. The summed E-state index contributed by atoms with van der Waals surface area (Å²) < 4.78 is 6.95. The third-order valence-corrected chi connectivity index (χ3v) is 5.59. The number of piperidine rings is 1. The van der Waals surface area contributed by atoms with Crippen molar-refractivity contribution in [3.63, 3.8) is 0 Å². The van der Waals surface area contributed by atoms with Gasteiger partial charge in [0.1, 0.15) is 4.88 Å². The van der Waals surface area contributed by atoms with Crippen molar-refractivity contribution in [3.05, 3.63) is 40.8 Å². The van der Waals surface area contributed by atoms with E-state index in [4.69, 9.17) is 4.74 Å². The standard InChI is InChI=1S/C19H25N3O3S/c1-25-13-4-8-20-18(23)15-5-11-22(12-6-15)19(24)17-16(7-14-26-17)21-9-2-3-10-21/h2-3,7,9-10,14-15H,4-6,8,11-13H2,1H3,(H,20,23). The van der Waals surface area contributed by atoms with Crippen molar-refractivity contribution < 1.29 is 14.3 Å². The van der Waals surface area contributed by atoms with E-state index in [1.165, 1.54) is 11.3 Å². The summed E-state index contributed by atoms with van der Waals surface area (Å²) in [6.45, 7) is 2.54. The van der Waals surface area contributed by atoms with Crippen LogP contribution in [-0.2, 0) is 9.53 Å². The summed E-state index contributed by atoms with van der Waals surface area (Å²) >= 11 is 1.47. The highest BCUT2D eigenvalue weighted by Crippen LogP contribution is 2.26. The predicted octanol–water partition coefficient (Wildman–Crippen LogP) is 2.54. The maximum atomic E-state index is 12.9. The summed E-state index contributed by atoms with van der Waals surface area (Å²) in [6, 6.07) is 5.86. The summed E-state index contributed by atoms with van der Waals surface area (Å²) in [5.74, 6) is 0.147. The molecule has 1 N–H and O–H groups in total. The fourth-order valence-electron chi connectivity index (χ4n) is 3.22. The van der Waals surface area contributed by atoms with E-state index in [1.807, 2.05) is 45.4 Å². The second kappa shape index (κ2) is 9.00. The quantitative estimate of drug-likeness (QED) is 0.757. The highest BCUT2D eigenvalue weighted by molar-refractivity contribution is 7.12. The van der Waals surface area contributed by atoms with Crippen LogP contribution in [0.1, 0.15) is 28.9 Å². The monoisotopic (exact) mass is 375 g/mol. The van der Waals surface area contributed by atoms with Crippen LogP contribution < -0.4 is 5.32 Å². The number of methoxy groups -OCH3 is 1. The molecule has 1 fully saturated rings. The molecule has 0 spiro atoms. The number of aromatic nitrogens is 1. The fourth-order valence-corrected chi connectivity index (χ4v) is 4.08. The Morgan fingerprint density at radius 2 is 2.00 bits per heavy atom. The lowest BCUT2D eigenvalue weighted by Crippen LogP contribution is -2.43. The highest BCUT2D eigenvalue weighted by Gasteiger charge is 2.29. The van der Waals surface area contributed by atoms with Crippen LogP contribution in [-0.4, -0.2) is 54.6 Å². The molecule has 140 valence electrons. The second-order valence-corrected chi connectivity index (χ2v) is 7.35. The molecule has 7 heteroatoms. The zero-order chi connectivity index (χ0) is 18.4. The average Bonchev–Trinajstić information content (AvgIpc) is 3.35. The van der Waals surface area contributed by atoms with Gasteiger partial charge in [-0.15, -0.1) is 11.3 Å². The van der Waals surface area contributed by atoms with Crippen molar-refractivity contribution in [1.82, 2.24) is 14.8 Å². The molecule has 1 saturated heterocycles. The number of likely N-dealkylation sites (tertiary alicyclic amines) is 1. The Labute approximate surface area is 157 Å². The molecule has 6 nitrogen and oxygen atoms in total. The first-order valence-corrected chi connectivity index (χ1v) is 9.85. The number of hydrogen-bond acceptors (Lipinski definition) is 4. The Bertz CT molecular complexity index is 718. The first kappa shape index (κ1) is 18.7. The van der Waals surface area contributed by atoms with Crippen molar-refractivity contribution in [2.45, 2.75) is 19.3 Å². The molecule has 0 aromatic carbocycles. The highest BCUT2D eigenvalue weighted by atomic mass is 32.1. The van der Waals surface area contributed by atoms with Crippen LogP contribution in [0.15, 0.2) is 36.0 Å². The zero-order valence-corrected chi connectivity index (χ0v) is 15.8.